The van der Waals surface area contributed by atoms with Crippen molar-refractivity contribution < 1.29 is 4.74 Å². The van der Waals surface area contributed by atoms with E-state index in [0.29, 0.717) is 5.92 Å². The largest absolute Gasteiger partial charge is 0.381 e. The van der Waals surface area contributed by atoms with Gasteiger partial charge in [-0.25, -0.2) is 0 Å². The topological polar surface area (TPSA) is 47.3 Å². The molecule has 1 aliphatic heterocycles. The summed E-state index contributed by atoms with van der Waals surface area (Å²) in [5, 5.41) is 0. The van der Waals surface area contributed by atoms with E-state index in [1.54, 1.807) is 11.8 Å². The fourth-order valence-electron chi connectivity index (χ4n) is 2.43. The van der Waals surface area contributed by atoms with Gasteiger partial charge in [0.15, 0.2) is 0 Å². The highest BCUT2D eigenvalue weighted by Crippen LogP contribution is 2.33. The molecule has 1 aromatic rings. The third kappa shape index (κ3) is 3.01. The fourth-order valence-corrected chi connectivity index (χ4v) is 3.08. The van der Waals surface area contributed by atoms with Crippen LogP contribution in [0.25, 0.3) is 0 Å². The summed E-state index contributed by atoms with van der Waals surface area (Å²) in [5.74, 6) is 6.22. The molecule has 0 bridgehead atoms. The van der Waals surface area contributed by atoms with Crippen LogP contribution >= 0.6 is 11.8 Å². The maximum Gasteiger partial charge on any atom is 0.0521 e. The first kappa shape index (κ1) is 12.9. The van der Waals surface area contributed by atoms with Crippen molar-refractivity contribution >= 4 is 11.8 Å². The van der Waals surface area contributed by atoms with Gasteiger partial charge in [-0.15, -0.1) is 11.8 Å². The van der Waals surface area contributed by atoms with Crippen molar-refractivity contribution in [1.82, 2.24) is 5.43 Å². The molecule has 0 saturated carbocycles. The summed E-state index contributed by atoms with van der Waals surface area (Å²) in [6, 6.07) is 8.64. The van der Waals surface area contributed by atoms with E-state index in [2.05, 4.69) is 35.9 Å². The van der Waals surface area contributed by atoms with Crippen LogP contribution in [0.4, 0.5) is 0 Å². The Labute approximate surface area is 107 Å². The van der Waals surface area contributed by atoms with Gasteiger partial charge < -0.3 is 4.74 Å². The summed E-state index contributed by atoms with van der Waals surface area (Å²) in [6.07, 6.45) is 4.41. The molecule has 1 aliphatic rings. The molecule has 0 aromatic heterocycles. The Hall–Kier alpha value is -0.550. The van der Waals surface area contributed by atoms with Gasteiger partial charge in [0.05, 0.1) is 12.6 Å². The number of nitrogens with two attached hydrogens (primary N) is 1. The molecule has 1 saturated heterocycles. The van der Waals surface area contributed by atoms with Crippen molar-refractivity contribution in [2.24, 2.45) is 11.8 Å². The quantitative estimate of drug-likeness (QED) is 0.490. The van der Waals surface area contributed by atoms with Gasteiger partial charge in [-0.05, 0) is 30.7 Å². The normalized spacial score (nSPS) is 22.4. The van der Waals surface area contributed by atoms with E-state index in [0.717, 1.165) is 19.6 Å². The average Bonchev–Trinajstić information content (AvgIpc) is 2.41. The van der Waals surface area contributed by atoms with Crippen LogP contribution in [0.5, 0.6) is 0 Å². The number of thioether (sulfide) groups is 1. The lowest BCUT2D eigenvalue weighted by Crippen LogP contribution is -2.37. The van der Waals surface area contributed by atoms with Crippen LogP contribution in [0.15, 0.2) is 29.2 Å². The Bertz CT molecular complexity index is 353. The third-order valence-corrected chi connectivity index (χ3v) is 4.13. The minimum Gasteiger partial charge on any atom is -0.381 e. The predicted octanol–water partition coefficient (Wildman–Crippen LogP) is 2.34. The number of hydrogen-bond acceptors (Lipinski definition) is 4. The maximum atomic E-state index is 5.74. The molecule has 2 unspecified atom stereocenters. The predicted molar refractivity (Wildman–Crippen MR) is 71.8 cm³/mol. The van der Waals surface area contributed by atoms with Gasteiger partial charge in [-0.1, -0.05) is 18.2 Å². The van der Waals surface area contributed by atoms with Gasteiger partial charge in [0.2, 0.25) is 0 Å². The molecular weight excluding hydrogens is 232 g/mol. The van der Waals surface area contributed by atoms with Crippen LogP contribution in [0.2, 0.25) is 0 Å². The molecule has 3 N–H and O–H groups in total. The number of nitrogens with one attached hydrogen (secondary N) is 1. The Morgan fingerprint density at radius 1 is 1.47 bits per heavy atom. The van der Waals surface area contributed by atoms with E-state index in [1.165, 1.54) is 16.9 Å². The molecule has 0 aliphatic carbocycles. The minimum atomic E-state index is 0.193. The van der Waals surface area contributed by atoms with Crippen molar-refractivity contribution in [2.75, 3.05) is 19.5 Å². The third-order valence-electron chi connectivity index (χ3n) is 3.32. The number of ether oxygens (including phenoxy) is 1. The molecule has 0 amide bonds. The van der Waals surface area contributed by atoms with Gasteiger partial charge >= 0.3 is 0 Å². The van der Waals surface area contributed by atoms with Crippen LogP contribution in [-0.2, 0) is 4.74 Å². The van der Waals surface area contributed by atoms with Crippen molar-refractivity contribution in [1.29, 1.82) is 0 Å². The molecule has 17 heavy (non-hydrogen) atoms. The Balaban J connectivity index is 2.21. The van der Waals surface area contributed by atoms with Gasteiger partial charge in [-0.2, -0.15) is 0 Å². The fraction of sp³-hybridized carbons (Fsp3) is 0.538. The van der Waals surface area contributed by atoms with Gasteiger partial charge in [0.1, 0.15) is 0 Å². The average molecular weight is 252 g/mol. The standard InChI is InChI=1S/C13H20N2OS/c1-17-12-7-3-2-6-11(12)13(15-14)10-5-4-8-16-9-10/h2-3,6-7,10,13,15H,4-5,8-9,14H2,1H3. The number of hydrazine groups is 1. The van der Waals surface area contributed by atoms with Crippen molar-refractivity contribution in [3.8, 4) is 0 Å². The smallest absolute Gasteiger partial charge is 0.0521 e. The van der Waals surface area contributed by atoms with Crippen LogP contribution in [-0.4, -0.2) is 19.5 Å². The van der Waals surface area contributed by atoms with Crippen molar-refractivity contribution in [3.05, 3.63) is 29.8 Å². The van der Waals surface area contributed by atoms with E-state index < -0.39 is 0 Å². The molecular formula is C13H20N2OS. The zero-order chi connectivity index (χ0) is 12.1. The molecule has 2 rings (SSSR count). The van der Waals surface area contributed by atoms with Crippen molar-refractivity contribution in [3.63, 3.8) is 0 Å². The number of rotatable bonds is 4. The van der Waals surface area contributed by atoms with Gasteiger partial charge in [0.25, 0.3) is 0 Å². The van der Waals surface area contributed by atoms with E-state index in [1.807, 2.05) is 0 Å². The lowest BCUT2D eigenvalue weighted by Gasteiger charge is -2.31. The van der Waals surface area contributed by atoms with Gasteiger partial charge in [-0.3, -0.25) is 11.3 Å². The second kappa shape index (κ2) is 6.40. The van der Waals surface area contributed by atoms with Crippen LogP contribution in [0.1, 0.15) is 24.4 Å². The molecule has 1 aromatic carbocycles. The molecule has 1 fully saturated rings. The van der Waals surface area contributed by atoms with E-state index in [-0.39, 0.29) is 6.04 Å². The molecule has 1 heterocycles. The highest BCUT2D eigenvalue weighted by Gasteiger charge is 2.26. The first-order chi connectivity index (χ1) is 8.36. The summed E-state index contributed by atoms with van der Waals surface area (Å²) < 4.78 is 5.56. The summed E-state index contributed by atoms with van der Waals surface area (Å²) in [4.78, 5) is 1.29. The van der Waals surface area contributed by atoms with Gasteiger partial charge in [0, 0.05) is 17.4 Å². The highest BCUT2D eigenvalue weighted by molar-refractivity contribution is 7.98. The summed E-state index contributed by atoms with van der Waals surface area (Å²) in [5.41, 5.74) is 4.26. The highest BCUT2D eigenvalue weighted by atomic mass is 32.2. The monoisotopic (exact) mass is 252 g/mol. The van der Waals surface area contributed by atoms with Crippen LogP contribution < -0.4 is 11.3 Å². The Morgan fingerprint density at radius 3 is 2.94 bits per heavy atom. The zero-order valence-electron chi connectivity index (χ0n) is 10.2. The molecule has 0 radical (unpaired) electrons. The molecule has 94 valence electrons. The van der Waals surface area contributed by atoms with Crippen LogP contribution in [0, 0.1) is 5.92 Å². The molecule has 3 nitrogen and oxygen atoms in total. The first-order valence-corrected chi connectivity index (χ1v) is 7.26. The number of benzene rings is 1. The molecule has 2 atom stereocenters. The Morgan fingerprint density at radius 2 is 2.29 bits per heavy atom. The lowest BCUT2D eigenvalue weighted by molar-refractivity contribution is 0.0386. The van der Waals surface area contributed by atoms with E-state index >= 15 is 0 Å². The van der Waals surface area contributed by atoms with Crippen molar-refractivity contribution in [2.45, 2.75) is 23.8 Å². The zero-order valence-corrected chi connectivity index (χ0v) is 11.0. The first-order valence-electron chi connectivity index (χ1n) is 6.03. The summed E-state index contributed by atoms with van der Waals surface area (Å²) in [7, 11) is 0. The summed E-state index contributed by atoms with van der Waals surface area (Å²) in [6.45, 7) is 1.69. The van der Waals surface area contributed by atoms with E-state index in [9.17, 15) is 0 Å². The SMILES string of the molecule is CSc1ccccc1C(NN)C1CCCOC1. The molecule has 0 spiro atoms. The second-order valence-corrected chi connectivity index (χ2v) is 5.21. The lowest BCUT2D eigenvalue weighted by atomic mass is 9.89. The van der Waals surface area contributed by atoms with E-state index in [4.69, 9.17) is 10.6 Å². The summed E-state index contributed by atoms with van der Waals surface area (Å²) >= 11 is 1.77. The minimum absolute atomic E-state index is 0.193. The Kier molecular flexibility index (Phi) is 4.86. The van der Waals surface area contributed by atoms with Crippen LogP contribution in [0.3, 0.4) is 0 Å². The second-order valence-electron chi connectivity index (χ2n) is 4.36. The number of hydrogen-bond donors (Lipinski definition) is 2. The maximum absolute atomic E-state index is 5.74. The molecule has 4 heteroatoms.